The highest BCUT2D eigenvalue weighted by molar-refractivity contribution is 5.46. The predicted octanol–water partition coefficient (Wildman–Crippen LogP) is -3.60. The van der Waals surface area contributed by atoms with Gasteiger partial charge in [-0.1, -0.05) is 23.7 Å². The van der Waals surface area contributed by atoms with Gasteiger partial charge in [-0.15, -0.1) is 0 Å². The van der Waals surface area contributed by atoms with Crippen LogP contribution in [0.4, 0.5) is 19.0 Å². The number of hydrogen-bond acceptors (Lipinski definition) is 13. The van der Waals surface area contributed by atoms with Crippen molar-refractivity contribution < 1.29 is 43.1 Å². The molecule has 238 valence electrons. The van der Waals surface area contributed by atoms with Crippen molar-refractivity contribution >= 4 is 5.82 Å². The molecule has 2 aliphatic heterocycles. The molecule has 0 amide bonds. The maximum atomic E-state index is 15.7. The Morgan fingerprint density at radius 1 is 1.05 bits per heavy atom. The van der Waals surface area contributed by atoms with Crippen LogP contribution in [0, 0.1) is 29.5 Å². The molecule has 4 rings (SSSR count). The summed E-state index contributed by atoms with van der Waals surface area (Å²) in [5.41, 5.74) is -1.94. The van der Waals surface area contributed by atoms with E-state index in [2.05, 4.69) is 27.1 Å². The number of halogens is 3. The van der Waals surface area contributed by atoms with Crippen LogP contribution in [0.25, 0.3) is 0 Å². The van der Waals surface area contributed by atoms with Crippen LogP contribution in [0.2, 0.25) is 0 Å². The fraction of sp³-hybridized carbons (Fsp3) is 0.560. The summed E-state index contributed by atoms with van der Waals surface area (Å²) in [5.74, 6) is 6.34. The molecule has 2 fully saturated rings. The molecular weight excluding hydrogens is 599 g/mol. The van der Waals surface area contributed by atoms with Gasteiger partial charge in [0.25, 0.3) is 0 Å². The van der Waals surface area contributed by atoms with Gasteiger partial charge in [-0.3, -0.25) is 14.1 Å². The molecule has 0 saturated carbocycles. The highest BCUT2D eigenvalue weighted by Crippen LogP contribution is 2.42. The van der Waals surface area contributed by atoms with E-state index in [0.29, 0.717) is 21.7 Å². The summed E-state index contributed by atoms with van der Waals surface area (Å²) >= 11 is 0. The molecule has 4 heterocycles. The van der Waals surface area contributed by atoms with Crippen LogP contribution in [0.5, 0.6) is 0 Å². The second-order valence-corrected chi connectivity index (χ2v) is 10.1. The minimum absolute atomic E-state index is 0.493. The minimum atomic E-state index is -2.41. The summed E-state index contributed by atoms with van der Waals surface area (Å²) in [6, 6.07) is 0. The van der Waals surface area contributed by atoms with Crippen LogP contribution in [0.3, 0.4) is 0 Å². The Hall–Kier alpha value is -4.08. The first-order chi connectivity index (χ1) is 20.7. The third-order valence-electron chi connectivity index (χ3n) is 7.12. The maximum absolute atomic E-state index is 15.7. The summed E-state index contributed by atoms with van der Waals surface area (Å²) in [6.07, 6.45) is -11.9. The molecule has 0 spiro atoms. The summed E-state index contributed by atoms with van der Waals surface area (Å²) < 4.78 is 54.2. The van der Waals surface area contributed by atoms with Gasteiger partial charge in [0.05, 0.1) is 18.4 Å². The van der Waals surface area contributed by atoms with E-state index >= 15 is 4.39 Å². The van der Waals surface area contributed by atoms with Crippen molar-refractivity contribution in [1.29, 1.82) is 0 Å². The lowest BCUT2D eigenvalue weighted by Crippen LogP contribution is -2.56. The lowest BCUT2D eigenvalue weighted by molar-refractivity contribution is -0.0781. The van der Waals surface area contributed by atoms with E-state index in [4.69, 9.17) is 15.2 Å². The third kappa shape index (κ3) is 5.62. The molecular formula is C25H28F3N7O9. The van der Waals surface area contributed by atoms with Crippen molar-refractivity contribution in [2.75, 3.05) is 18.7 Å². The Labute approximate surface area is 245 Å². The maximum Gasteiger partial charge on any atom is 0.351 e. The molecule has 19 heteroatoms. The number of nitrogens with two attached hydrogens (primary N) is 1. The molecule has 8 N–H and O–H groups in total. The summed E-state index contributed by atoms with van der Waals surface area (Å²) in [4.78, 5) is 46.3. The van der Waals surface area contributed by atoms with Gasteiger partial charge in [0.1, 0.15) is 44.1 Å². The molecule has 0 aliphatic carbocycles. The zero-order chi connectivity index (χ0) is 32.6. The molecule has 0 bridgehead atoms. The molecule has 0 radical (unpaired) electrons. The largest absolute Gasteiger partial charge is 0.391 e. The number of H-pyrrole nitrogens is 1. The van der Waals surface area contributed by atoms with E-state index < -0.39 is 102 Å². The Balaban J connectivity index is 1.86. The van der Waals surface area contributed by atoms with Crippen LogP contribution in [0.1, 0.15) is 26.3 Å². The predicted molar refractivity (Wildman–Crippen MR) is 142 cm³/mol. The third-order valence-corrected chi connectivity index (χ3v) is 7.12. The van der Waals surface area contributed by atoms with E-state index in [1.165, 1.54) is 13.8 Å². The number of nitrogens with zero attached hydrogens (tertiary/aromatic N) is 4. The number of aliphatic hydroxyl groups excluding tert-OH is 4. The van der Waals surface area contributed by atoms with Crippen LogP contribution in [-0.4, -0.2) is 106 Å². The Kier molecular flexibility index (Phi) is 9.32. The fourth-order valence-corrected chi connectivity index (χ4v) is 5.05. The van der Waals surface area contributed by atoms with Crippen molar-refractivity contribution in [3.8, 4) is 23.7 Å². The Morgan fingerprint density at radius 2 is 1.64 bits per heavy atom. The molecule has 10 atom stereocenters. The molecule has 2 aromatic rings. The minimum Gasteiger partial charge on any atom is -0.391 e. The monoisotopic (exact) mass is 627 g/mol. The van der Waals surface area contributed by atoms with E-state index in [1.807, 2.05) is 16.8 Å². The van der Waals surface area contributed by atoms with E-state index in [-0.39, 0.29) is 0 Å². The standard InChI is InChI=1S/C25H28F3N7O9/c1-11(36)14-16(38)24(29,5-3-7-26)19(43-14)34-9-13(28)18(31-22(34)41)33-25(6-4-8-27)17(39)15(12(2)37)44-20(25)35-10-30-21(40)32-23(35)42/h9-12,14-17,19-20,36-39H,7-8,29H2,1-2H3,(H,31,33,41)(H,32,40,42)/t11-,12-,14?,15?,16?,17?,19-,20-,24-,25-/m1/s1. The quantitative estimate of drug-likeness (QED) is 0.153. The molecule has 2 saturated heterocycles. The number of hydrogen-bond donors (Lipinski definition) is 7. The number of nitrogens with one attached hydrogen (secondary N) is 2. The number of rotatable bonds is 6. The number of aromatic nitrogens is 5. The van der Waals surface area contributed by atoms with Crippen LogP contribution in [0.15, 0.2) is 26.9 Å². The molecule has 2 aliphatic rings. The average Bonchev–Trinajstić information content (AvgIpc) is 3.39. The Morgan fingerprint density at radius 3 is 2.23 bits per heavy atom. The van der Waals surface area contributed by atoms with Crippen LogP contribution in [-0.2, 0) is 9.47 Å². The second kappa shape index (κ2) is 12.5. The molecule has 2 aromatic heterocycles. The lowest BCUT2D eigenvalue weighted by atomic mass is 9.88. The van der Waals surface area contributed by atoms with Gasteiger partial charge in [0, 0.05) is 0 Å². The summed E-state index contributed by atoms with van der Waals surface area (Å²) in [6.45, 7) is -0.0559. The topological polar surface area (TPSA) is 240 Å². The van der Waals surface area contributed by atoms with Crippen molar-refractivity contribution in [3.63, 3.8) is 0 Å². The smallest absolute Gasteiger partial charge is 0.351 e. The van der Waals surface area contributed by atoms with Gasteiger partial charge in [-0.05, 0) is 13.8 Å². The summed E-state index contributed by atoms with van der Waals surface area (Å²) in [7, 11) is 0. The summed E-state index contributed by atoms with van der Waals surface area (Å²) in [5, 5.41) is 44.6. The van der Waals surface area contributed by atoms with Gasteiger partial charge >= 0.3 is 17.1 Å². The Bertz CT molecular complexity index is 1690. The van der Waals surface area contributed by atoms with E-state index in [9.17, 15) is 43.6 Å². The number of aliphatic hydroxyl groups is 4. The zero-order valence-corrected chi connectivity index (χ0v) is 23.0. The molecule has 4 unspecified atom stereocenters. The number of anilines is 1. The highest BCUT2D eigenvalue weighted by atomic mass is 19.1. The van der Waals surface area contributed by atoms with Gasteiger partial charge in [-0.25, -0.2) is 27.6 Å². The molecule has 16 nitrogen and oxygen atoms in total. The van der Waals surface area contributed by atoms with Gasteiger partial charge in [0.15, 0.2) is 35.2 Å². The SMILES string of the molecule is C[C@@H](O)C1O[C@@H](n2cc(F)c(N[C@]3(C#CCF)C(O)C([C@@H](C)O)O[C@H]3n3cnc(=O)[nH]c3=O)nc2=O)[C@@](N)(C#CCF)C1O. The van der Waals surface area contributed by atoms with Crippen molar-refractivity contribution in [3.05, 3.63) is 49.8 Å². The van der Waals surface area contributed by atoms with Gasteiger partial charge < -0.3 is 41.0 Å². The van der Waals surface area contributed by atoms with Crippen molar-refractivity contribution in [2.24, 2.45) is 5.73 Å². The van der Waals surface area contributed by atoms with Gasteiger partial charge in [0.2, 0.25) is 0 Å². The zero-order valence-electron chi connectivity index (χ0n) is 23.0. The second-order valence-electron chi connectivity index (χ2n) is 10.1. The van der Waals surface area contributed by atoms with Crippen LogP contribution >= 0.6 is 0 Å². The molecule has 0 aromatic carbocycles. The number of alkyl halides is 2. The fourth-order valence-electron chi connectivity index (χ4n) is 5.05. The first-order valence-electron chi connectivity index (χ1n) is 12.9. The van der Waals surface area contributed by atoms with Crippen molar-refractivity contribution in [2.45, 2.75) is 74.0 Å². The first-order valence-corrected chi connectivity index (χ1v) is 12.9. The highest BCUT2D eigenvalue weighted by Gasteiger charge is 2.59. The number of ether oxygens (including phenoxy) is 2. The normalized spacial score (nSPS) is 32.7. The van der Waals surface area contributed by atoms with Gasteiger partial charge in [-0.2, -0.15) is 9.97 Å². The van der Waals surface area contributed by atoms with Crippen LogP contribution < -0.4 is 28.1 Å². The first kappa shape index (κ1) is 32.8. The molecule has 44 heavy (non-hydrogen) atoms. The lowest BCUT2D eigenvalue weighted by Gasteiger charge is -2.34. The van der Waals surface area contributed by atoms with E-state index in [1.54, 1.807) is 0 Å². The van der Waals surface area contributed by atoms with Crippen molar-refractivity contribution in [1.82, 2.24) is 24.1 Å². The number of aromatic amines is 1. The van der Waals surface area contributed by atoms with E-state index in [0.717, 1.165) is 0 Å². The average molecular weight is 628 g/mol.